The van der Waals surface area contributed by atoms with Crippen molar-refractivity contribution in [1.82, 2.24) is 4.31 Å². The number of hydrogen-bond donors (Lipinski definition) is 1. The van der Waals surface area contributed by atoms with Crippen LogP contribution in [0.4, 0.5) is 0 Å². The summed E-state index contributed by atoms with van der Waals surface area (Å²) in [5.74, 6) is -0.646. The van der Waals surface area contributed by atoms with Crippen LogP contribution >= 0.6 is 11.6 Å². The second-order valence-corrected chi connectivity index (χ2v) is 10.4. The average molecular weight is 464 g/mol. The largest absolute Gasteiger partial charge is 0.486 e. The molecule has 7 nitrogen and oxygen atoms in total. The van der Waals surface area contributed by atoms with E-state index < -0.39 is 21.6 Å². The molecule has 2 aromatic rings. The number of piperidine rings is 1. The van der Waals surface area contributed by atoms with E-state index in [2.05, 4.69) is 0 Å². The lowest BCUT2D eigenvalue weighted by Crippen LogP contribution is -2.52. The number of fused-ring (bicyclic) bond motifs is 1. The van der Waals surface area contributed by atoms with Crippen molar-refractivity contribution in [3.8, 4) is 5.75 Å². The van der Waals surface area contributed by atoms with Gasteiger partial charge in [0, 0.05) is 31.0 Å². The van der Waals surface area contributed by atoms with E-state index in [0.29, 0.717) is 34.7 Å². The number of sulfonamides is 1. The number of nitrogens with zero attached hydrogens (tertiary/aromatic N) is 1. The Bertz CT molecular complexity index is 1180. The van der Waals surface area contributed by atoms with Crippen LogP contribution in [0.1, 0.15) is 51.1 Å². The molecule has 0 radical (unpaired) electrons. The molecule has 31 heavy (non-hydrogen) atoms. The number of ether oxygens (including phenoxy) is 1. The number of aromatic carboxylic acids is 1. The Morgan fingerprint density at radius 3 is 2.35 bits per heavy atom. The van der Waals surface area contributed by atoms with Crippen molar-refractivity contribution in [3.63, 3.8) is 0 Å². The van der Waals surface area contributed by atoms with Crippen LogP contribution in [0.15, 0.2) is 35.2 Å². The molecular weight excluding hydrogens is 442 g/mol. The van der Waals surface area contributed by atoms with E-state index >= 15 is 0 Å². The number of rotatable bonds is 3. The summed E-state index contributed by atoms with van der Waals surface area (Å²) in [4.78, 5) is 24.0. The van der Waals surface area contributed by atoms with Crippen LogP contribution < -0.4 is 4.74 Å². The minimum absolute atomic E-state index is 0.0232. The van der Waals surface area contributed by atoms with Gasteiger partial charge in [0.2, 0.25) is 10.0 Å². The van der Waals surface area contributed by atoms with E-state index in [1.54, 1.807) is 13.0 Å². The van der Waals surface area contributed by atoms with Gasteiger partial charge in [-0.1, -0.05) is 11.6 Å². The van der Waals surface area contributed by atoms with Crippen molar-refractivity contribution in [2.24, 2.45) is 0 Å². The first-order chi connectivity index (χ1) is 14.5. The van der Waals surface area contributed by atoms with Crippen LogP contribution in [-0.2, 0) is 10.0 Å². The second kappa shape index (κ2) is 7.62. The predicted molar refractivity (Wildman–Crippen MR) is 115 cm³/mol. The first-order valence-corrected chi connectivity index (χ1v) is 11.7. The molecule has 1 N–H and O–H groups in total. The number of hydrogen-bond acceptors (Lipinski definition) is 5. The van der Waals surface area contributed by atoms with Crippen molar-refractivity contribution in [3.05, 3.63) is 57.6 Å². The quantitative estimate of drug-likeness (QED) is 0.742. The number of carbonyl (C=O) groups is 2. The van der Waals surface area contributed by atoms with E-state index in [4.69, 9.17) is 21.4 Å². The monoisotopic (exact) mass is 463 g/mol. The van der Waals surface area contributed by atoms with Gasteiger partial charge >= 0.3 is 5.97 Å². The van der Waals surface area contributed by atoms with Crippen molar-refractivity contribution in [1.29, 1.82) is 0 Å². The van der Waals surface area contributed by atoms with Gasteiger partial charge in [-0.2, -0.15) is 4.31 Å². The number of carbonyl (C=O) groups excluding carboxylic acids is 1. The average Bonchev–Trinajstić information content (AvgIpc) is 2.72. The number of carboxylic acid groups (broad SMARTS) is 1. The van der Waals surface area contributed by atoms with Crippen LogP contribution in [-0.4, -0.2) is 48.3 Å². The summed E-state index contributed by atoms with van der Waals surface area (Å²) in [5, 5.41) is 9.56. The third-order valence-electron chi connectivity index (χ3n) is 6.11. The second-order valence-electron chi connectivity index (χ2n) is 8.12. The van der Waals surface area contributed by atoms with Crippen LogP contribution in [0, 0.1) is 13.8 Å². The molecule has 2 heterocycles. The highest BCUT2D eigenvalue weighted by Gasteiger charge is 2.45. The molecule has 1 saturated heterocycles. The fraction of sp³-hybridized carbons (Fsp3) is 0.364. The third kappa shape index (κ3) is 3.73. The SMILES string of the molecule is Cc1cc2c(c(C)c1Cl)C(=O)CC1(CCN(S(=O)(=O)c3ccc(C(=O)O)cc3)CC1)O2. The fourth-order valence-electron chi connectivity index (χ4n) is 4.33. The first-order valence-electron chi connectivity index (χ1n) is 9.89. The van der Waals surface area contributed by atoms with Gasteiger partial charge in [0.1, 0.15) is 11.4 Å². The number of ketones is 1. The molecule has 0 aromatic heterocycles. The van der Waals surface area contributed by atoms with Gasteiger partial charge in [0.15, 0.2) is 5.78 Å². The minimum Gasteiger partial charge on any atom is -0.486 e. The number of halogens is 1. The number of carboxylic acids is 1. The van der Waals surface area contributed by atoms with Gasteiger partial charge in [-0.15, -0.1) is 0 Å². The Labute approximate surface area is 185 Å². The first kappa shape index (κ1) is 21.8. The summed E-state index contributed by atoms with van der Waals surface area (Å²) in [6.45, 7) is 4.07. The normalized spacial score (nSPS) is 18.5. The van der Waals surface area contributed by atoms with E-state index in [1.165, 1.54) is 28.6 Å². The van der Waals surface area contributed by atoms with Gasteiger partial charge < -0.3 is 9.84 Å². The number of benzene rings is 2. The maximum atomic E-state index is 13.0. The van der Waals surface area contributed by atoms with Gasteiger partial charge in [0.25, 0.3) is 0 Å². The molecule has 2 aliphatic rings. The molecule has 0 bridgehead atoms. The lowest BCUT2D eigenvalue weighted by molar-refractivity contribution is 0.00576. The summed E-state index contributed by atoms with van der Waals surface area (Å²) < 4.78 is 33.6. The Kier molecular flexibility index (Phi) is 5.36. The lowest BCUT2D eigenvalue weighted by atomic mass is 9.82. The molecular formula is C22H22ClNO6S. The Balaban J connectivity index is 1.54. The van der Waals surface area contributed by atoms with Crippen molar-refractivity contribution < 1.29 is 27.9 Å². The summed E-state index contributed by atoms with van der Waals surface area (Å²) in [7, 11) is -3.77. The highest BCUT2D eigenvalue weighted by Crippen LogP contribution is 2.43. The molecule has 9 heteroatoms. The van der Waals surface area contributed by atoms with E-state index in [-0.39, 0.29) is 35.8 Å². The molecule has 1 fully saturated rings. The molecule has 0 atom stereocenters. The summed E-state index contributed by atoms with van der Waals surface area (Å²) in [6.07, 6.45) is 0.943. The Morgan fingerprint density at radius 2 is 1.77 bits per heavy atom. The Morgan fingerprint density at radius 1 is 1.16 bits per heavy atom. The zero-order chi connectivity index (χ0) is 22.6. The third-order valence-corrected chi connectivity index (χ3v) is 8.60. The maximum absolute atomic E-state index is 13.0. The maximum Gasteiger partial charge on any atom is 0.335 e. The predicted octanol–water partition coefficient (Wildman–Crippen LogP) is 3.84. The molecule has 1 spiro atoms. The van der Waals surface area contributed by atoms with Crippen molar-refractivity contribution >= 4 is 33.4 Å². The summed E-state index contributed by atoms with van der Waals surface area (Å²) >= 11 is 6.30. The lowest BCUT2D eigenvalue weighted by Gasteiger charge is -2.43. The van der Waals surface area contributed by atoms with Gasteiger partial charge in [-0.05, 0) is 55.3 Å². The number of Topliss-reactive ketones (excluding diaryl/α,β-unsaturated/α-hetero) is 1. The Hall–Kier alpha value is -2.42. The molecule has 0 saturated carbocycles. The summed E-state index contributed by atoms with van der Waals surface area (Å²) in [6, 6.07) is 6.92. The highest BCUT2D eigenvalue weighted by molar-refractivity contribution is 7.89. The van der Waals surface area contributed by atoms with Crippen LogP contribution in [0.25, 0.3) is 0 Å². The highest BCUT2D eigenvalue weighted by atomic mass is 35.5. The zero-order valence-corrected chi connectivity index (χ0v) is 18.7. The smallest absolute Gasteiger partial charge is 0.335 e. The molecule has 2 aliphatic heterocycles. The molecule has 0 aliphatic carbocycles. The van der Waals surface area contributed by atoms with Gasteiger partial charge in [0.05, 0.1) is 22.4 Å². The van der Waals surface area contributed by atoms with Crippen LogP contribution in [0.5, 0.6) is 5.75 Å². The molecule has 4 rings (SSSR count). The van der Waals surface area contributed by atoms with Crippen LogP contribution in [0.3, 0.4) is 0 Å². The fourth-order valence-corrected chi connectivity index (χ4v) is 5.92. The standard InChI is InChI=1S/C22H22ClNO6S/c1-13-11-18-19(14(2)20(13)23)17(25)12-22(30-18)7-9-24(10-8-22)31(28,29)16-5-3-15(4-6-16)21(26)27/h3-6,11H,7-10,12H2,1-2H3,(H,26,27). The molecule has 2 aromatic carbocycles. The van der Waals surface area contributed by atoms with Crippen molar-refractivity contribution in [2.45, 2.75) is 43.6 Å². The zero-order valence-electron chi connectivity index (χ0n) is 17.1. The van der Waals surface area contributed by atoms with E-state index in [0.717, 1.165) is 5.56 Å². The molecule has 0 unspecified atom stereocenters. The van der Waals surface area contributed by atoms with Crippen LogP contribution in [0.2, 0.25) is 5.02 Å². The number of aryl methyl sites for hydroxylation is 1. The van der Waals surface area contributed by atoms with E-state index in [9.17, 15) is 18.0 Å². The minimum atomic E-state index is -3.77. The topological polar surface area (TPSA) is 101 Å². The summed E-state index contributed by atoms with van der Waals surface area (Å²) in [5.41, 5.74) is 1.33. The molecule has 164 valence electrons. The van der Waals surface area contributed by atoms with Gasteiger partial charge in [-0.3, -0.25) is 4.79 Å². The van der Waals surface area contributed by atoms with Crippen molar-refractivity contribution in [2.75, 3.05) is 13.1 Å². The van der Waals surface area contributed by atoms with Gasteiger partial charge in [-0.25, -0.2) is 13.2 Å². The van der Waals surface area contributed by atoms with E-state index in [1.807, 2.05) is 6.92 Å². The molecule has 0 amide bonds.